The molecule has 1 fully saturated rings. The van der Waals surface area contributed by atoms with E-state index in [1.165, 1.54) is 6.42 Å². The first-order valence-electron chi connectivity index (χ1n) is 9.61. The summed E-state index contributed by atoms with van der Waals surface area (Å²) < 4.78 is 5.55. The number of amides is 2. The molecule has 0 spiro atoms. The molecule has 2 amide bonds. The van der Waals surface area contributed by atoms with Crippen LogP contribution < -0.4 is 15.4 Å². The number of hydrogen-bond acceptors (Lipinski definition) is 3. The zero-order chi connectivity index (χ0) is 19.9. The van der Waals surface area contributed by atoms with E-state index in [4.69, 9.17) is 16.3 Å². The van der Waals surface area contributed by atoms with E-state index in [2.05, 4.69) is 10.6 Å². The van der Waals surface area contributed by atoms with E-state index in [0.29, 0.717) is 22.0 Å². The van der Waals surface area contributed by atoms with Crippen molar-refractivity contribution < 1.29 is 14.3 Å². The Morgan fingerprint density at radius 1 is 1.11 bits per heavy atom. The number of nitrogens with one attached hydrogen (secondary N) is 2. The van der Waals surface area contributed by atoms with Gasteiger partial charge in [0.25, 0.3) is 11.8 Å². The summed E-state index contributed by atoms with van der Waals surface area (Å²) in [6.45, 7) is 1.74. The first kappa shape index (κ1) is 20.2. The molecule has 0 unspecified atom stereocenters. The average molecular weight is 401 g/mol. The number of ether oxygens (including phenoxy) is 1. The Kier molecular flexibility index (Phi) is 6.93. The van der Waals surface area contributed by atoms with Gasteiger partial charge in [0.15, 0.2) is 6.61 Å². The standard InChI is InChI=1S/C22H25ClN2O3/c1-15-12-17(23)10-11-20(15)28-14-21(26)24-19-9-5-6-16(13-19)22(27)25-18-7-3-2-4-8-18/h5-6,9-13,18H,2-4,7-8,14H2,1H3,(H,24,26)(H,25,27). The van der Waals surface area contributed by atoms with Gasteiger partial charge in [0.2, 0.25) is 0 Å². The maximum Gasteiger partial charge on any atom is 0.262 e. The number of carbonyl (C=O) groups is 2. The molecule has 1 saturated carbocycles. The van der Waals surface area contributed by atoms with Crippen molar-refractivity contribution in [1.29, 1.82) is 0 Å². The number of aryl methyl sites for hydroxylation is 1. The summed E-state index contributed by atoms with van der Waals surface area (Å²) >= 11 is 5.92. The topological polar surface area (TPSA) is 67.4 Å². The SMILES string of the molecule is Cc1cc(Cl)ccc1OCC(=O)Nc1cccc(C(=O)NC2CCCCC2)c1. The molecule has 0 aliphatic heterocycles. The van der Waals surface area contributed by atoms with Crippen molar-refractivity contribution in [1.82, 2.24) is 5.32 Å². The summed E-state index contributed by atoms with van der Waals surface area (Å²) in [4.78, 5) is 24.7. The molecule has 6 heteroatoms. The summed E-state index contributed by atoms with van der Waals surface area (Å²) in [5, 5.41) is 6.48. The highest BCUT2D eigenvalue weighted by Gasteiger charge is 2.17. The van der Waals surface area contributed by atoms with E-state index < -0.39 is 0 Å². The highest BCUT2D eigenvalue weighted by Crippen LogP contribution is 2.22. The molecule has 0 atom stereocenters. The fourth-order valence-corrected chi connectivity index (χ4v) is 3.60. The fourth-order valence-electron chi connectivity index (χ4n) is 3.37. The molecule has 3 rings (SSSR count). The van der Waals surface area contributed by atoms with Crippen LogP contribution >= 0.6 is 11.6 Å². The van der Waals surface area contributed by atoms with Crippen LogP contribution in [0.25, 0.3) is 0 Å². The molecule has 0 bridgehead atoms. The molecular weight excluding hydrogens is 376 g/mol. The van der Waals surface area contributed by atoms with E-state index in [1.807, 2.05) is 6.92 Å². The Morgan fingerprint density at radius 3 is 2.64 bits per heavy atom. The van der Waals surface area contributed by atoms with Gasteiger partial charge in [0.1, 0.15) is 5.75 Å². The summed E-state index contributed by atoms with van der Waals surface area (Å²) in [6.07, 6.45) is 5.63. The average Bonchev–Trinajstić information content (AvgIpc) is 2.68. The lowest BCUT2D eigenvalue weighted by molar-refractivity contribution is -0.118. The largest absolute Gasteiger partial charge is 0.483 e. The lowest BCUT2D eigenvalue weighted by Crippen LogP contribution is -2.36. The van der Waals surface area contributed by atoms with Gasteiger partial charge in [-0.15, -0.1) is 0 Å². The Bertz CT molecular complexity index is 847. The number of halogens is 1. The zero-order valence-electron chi connectivity index (χ0n) is 16.0. The molecule has 2 aromatic carbocycles. The van der Waals surface area contributed by atoms with Crippen LogP contribution in [-0.2, 0) is 4.79 Å². The normalized spacial score (nSPS) is 14.4. The molecule has 0 aromatic heterocycles. The lowest BCUT2D eigenvalue weighted by Gasteiger charge is -2.22. The number of hydrogen-bond donors (Lipinski definition) is 2. The van der Waals surface area contributed by atoms with Crippen LogP contribution in [0.3, 0.4) is 0 Å². The zero-order valence-corrected chi connectivity index (χ0v) is 16.7. The number of rotatable bonds is 6. The van der Waals surface area contributed by atoms with E-state index in [1.54, 1.807) is 42.5 Å². The van der Waals surface area contributed by atoms with Gasteiger partial charge in [-0.1, -0.05) is 36.9 Å². The van der Waals surface area contributed by atoms with Crippen LogP contribution in [-0.4, -0.2) is 24.5 Å². The predicted molar refractivity (Wildman–Crippen MR) is 111 cm³/mol. The summed E-state index contributed by atoms with van der Waals surface area (Å²) in [5.74, 6) is 0.218. The molecule has 2 N–H and O–H groups in total. The maximum absolute atomic E-state index is 12.5. The van der Waals surface area contributed by atoms with Crippen molar-refractivity contribution in [3.63, 3.8) is 0 Å². The van der Waals surface area contributed by atoms with Gasteiger partial charge < -0.3 is 15.4 Å². The summed E-state index contributed by atoms with van der Waals surface area (Å²) in [5.41, 5.74) is 1.97. The second-order valence-electron chi connectivity index (χ2n) is 7.14. The van der Waals surface area contributed by atoms with Crippen molar-refractivity contribution in [2.45, 2.75) is 45.1 Å². The van der Waals surface area contributed by atoms with Gasteiger partial charge in [0.05, 0.1) is 0 Å². The second kappa shape index (κ2) is 9.60. The minimum atomic E-state index is -0.292. The first-order chi connectivity index (χ1) is 13.5. The smallest absolute Gasteiger partial charge is 0.262 e. The molecule has 0 saturated heterocycles. The third-order valence-electron chi connectivity index (χ3n) is 4.84. The molecule has 1 aliphatic rings. The molecule has 0 heterocycles. The Balaban J connectivity index is 1.54. The highest BCUT2D eigenvalue weighted by atomic mass is 35.5. The monoisotopic (exact) mass is 400 g/mol. The summed E-state index contributed by atoms with van der Waals surface area (Å²) in [7, 11) is 0. The molecule has 0 radical (unpaired) electrons. The molecule has 1 aliphatic carbocycles. The minimum Gasteiger partial charge on any atom is -0.483 e. The van der Waals surface area contributed by atoms with Gasteiger partial charge in [-0.3, -0.25) is 9.59 Å². The van der Waals surface area contributed by atoms with Crippen LogP contribution in [0.2, 0.25) is 5.02 Å². The quantitative estimate of drug-likeness (QED) is 0.736. The van der Waals surface area contributed by atoms with E-state index in [9.17, 15) is 9.59 Å². The number of benzene rings is 2. The third-order valence-corrected chi connectivity index (χ3v) is 5.08. The van der Waals surface area contributed by atoms with Gasteiger partial charge in [-0.2, -0.15) is 0 Å². The molecule has 2 aromatic rings. The Morgan fingerprint density at radius 2 is 1.89 bits per heavy atom. The number of carbonyl (C=O) groups excluding carboxylic acids is 2. The third kappa shape index (κ3) is 5.73. The van der Waals surface area contributed by atoms with Gasteiger partial charge in [-0.25, -0.2) is 0 Å². The Hall–Kier alpha value is -2.53. The first-order valence-corrected chi connectivity index (χ1v) is 9.99. The number of anilines is 1. The molecule has 28 heavy (non-hydrogen) atoms. The fraction of sp³-hybridized carbons (Fsp3) is 0.364. The van der Waals surface area contributed by atoms with Crippen molar-refractivity contribution in [3.8, 4) is 5.75 Å². The van der Waals surface area contributed by atoms with Crippen LogP contribution in [0.5, 0.6) is 5.75 Å². The highest BCUT2D eigenvalue weighted by molar-refractivity contribution is 6.30. The summed E-state index contributed by atoms with van der Waals surface area (Å²) in [6, 6.07) is 12.4. The van der Waals surface area contributed by atoms with Crippen LogP contribution in [0, 0.1) is 6.92 Å². The molecule has 148 valence electrons. The van der Waals surface area contributed by atoms with E-state index in [-0.39, 0.29) is 24.5 Å². The molecule has 5 nitrogen and oxygen atoms in total. The van der Waals surface area contributed by atoms with Gasteiger partial charge in [0, 0.05) is 22.3 Å². The van der Waals surface area contributed by atoms with Gasteiger partial charge in [-0.05, 0) is 61.7 Å². The van der Waals surface area contributed by atoms with Crippen molar-refractivity contribution >= 4 is 29.1 Å². The van der Waals surface area contributed by atoms with E-state index in [0.717, 1.165) is 31.2 Å². The molecular formula is C22H25ClN2O3. The van der Waals surface area contributed by atoms with Crippen LogP contribution in [0.1, 0.15) is 48.0 Å². The van der Waals surface area contributed by atoms with Crippen molar-refractivity contribution in [2.75, 3.05) is 11.9 Å². The predicted octanol–water partition coefficient (Wildman–Crippen LogP) is 4.73. The minimum absolute atomic E-state index is 0.101. The Labute approximate surface area is 170 Å². The van der Waals surface area contributed by atoms with Crippen LogP contribution in [0.4, 0.5) is 5.69 Å². The van der Waals surface area contributed by atoms with Crippen molar-refractivity contribution in [2.24, 2.45) is 0 Å². The second-order valence-corrected chi connectivity index (χ2v) is 7.57. The van der Waals surface area contributed by atoms with Crippen molar-refractivity contribution in [3.05, 3.63) is 58.6 Å². The van der Waals surface area contributed by atoms with Crippen LogP contribution in [0.15, 0.2) is 42.5 Å². The van der Waals surface area contributed by atoms with E-state index >= 15 is 0 Å². The lowest BCUT2D eigenvalue weighted by atomic mass is 9.95. The maximum atomic E-state index is 12.5. The van der Waals surface area contributed by atoms with Gasteiger partial charge >= 0.3 is 0 Å².